The number of ether oxygens (including phenoxy) is 4. The molecule has 2 aromatic carbocycles. The van der Waals surface area contributed by atoms with Crippen molar-refractivity contribution >= 4 is 11.8 Å². The van der Waals surface area contributed by atoms with E-state index in [4.69, 9.17) is 18.9 Å². The Bertz CT molecular complexity index is 984. The number of fused-ring (bicyclic) bond motifs is 1. The van der Waals surface area contributed by atoms with Crippen molar-refractivity contribution in [3.8, 4) is 17.2 Å². The molecular weight excluding hydrogens is 412 g/mol. The fourth-order valence-corrected chi connectivity index (χ4v) is 3.94. The van der Waals surface area contributed by atoms with Crippen LogP contribution < -0.4 is 14.2 Å². The summed E-state index contributed by atoms with van der Waals surface area (Å²) in [7, 11) is 1.51. The van der Waals surface area contributed by atoms with Crippen molar-refractivity contribution in [1.29, 1.82) is 0 Å². The Kier molecular flexibility index (Phi) is 7.40. The van der Waals surface area contributed by atoms with E-state index in [1.54, 1.807) is 24.3 Å². The fraction of sp³-hybridized carbons (Fsp3) is 0.440. The van der Waals surface area contributed by atoms with Gasteiger partial charge in [-0.15, -0.1) is 0 Å². The number of carbonyl (C=O) groups is 2. The van der Waals surface area contributed by atoms with Gasteiger partial charge < -0.3 is 24.1 Å². The summed E-state index contributed by atoms with van der Waals surface area (Å²) in [6.45, 7) is 5.58. The van der Waals surface area contributed by atoms with Gasteiger partial charge in [0, 0.05) is 12.0 Å². The Labute approximate surface area is 188 Å². The summed E-state index contributed by atoms with van der Waals surface area (Å²) in [5.74, 6) is -2.01. The molecule has 172 valence electrons. The predicted octanol–water partition coefficient (Wildman–Crippen LogP) is 4.44. The maximum absolute atomic E-state index is 12.5. The average Bonchev–Trinajstić information content (AvgIpc) is 2.78. The van der Waals surface area contributed by atoms with Crippen molar-refractivity contribution in [2.75, 3.05) is 13.7 Å². The van der Waals surface area contributed by atoms with E-state index in [0.29, 0.717) is 35.7 Å². The van der Waals surface area contributed by atoms with Gasteiger partial charge in [-0.05, 0) is 43.5 Å². The first-order chi connectivity index (χ1) is 15.4. The van der Waals surface area contributed by atoms with Crippen LogP contribution in [-0.4, -0.2) is 42.5 Å². The lowest BCUT2D eigenvalue weighted by Crippen LogP contribution is -2.61. The van der Waals surface area contributed by atoms with E-state index >= 15 is 0 Å². The van der Waals surface area contributed by atoms with Crippen LogP contribution in [0.2, 0.25) is 0 Å². The minimum Gasteiger partial charge on any atom is -0.496 e. The van der Waals surface area contributed by atoms with Gasteiger partial charge in [0.15, 0.2) is 11.9 Å². The Morgan fingerprint density at radius 2 is 1.91 bits per heavy atom. The van der Waals surface area contributed by atoms with Crippen LogP contribution in [0, 0.1) is 0 Å². The van der Waals surface area contributed by atoms with E-state index in [-0.39, 0.29) is 18.8 Å². The number of hydrogen-bond acceptors (Lipinski definition) is 6. The van der Waals surface area contributed by atoms with Gasteiger partial charge in [0.1, 0.15) is 17.2 Å². The molecule has 1 N–H and O–H groups in total. The zero-order valence-electron chi connectivity index (χ0n) is 19.0. The van der Waals surface area contributed by atoms with Crippen LogP contribution in [0.1, 0.15) is 55.1 Å². The molecule has 0 amide bonds. The van der Waals surface area contributed by atoms with Crippen molar-refractivity contribution in [2.45, 2.75) is 58.3 Å². The Hall–Kier alpha value is -3.06. The third kappa shape index (κ3) is 4.43. The number of hydrogen-bond donors (Lipinski definition) is 1. The molecule has 2 aromatic rings. The molecule has 0 aromatic heterocycles. The molecule has 1 heterocycles. The first-order valence-corrected chi connectivity index (χ1v) is 10.9. The normalized spacial score (nSPS) is 19.6. The van der Waals surface area contributed by atoms with Gasteiger partial charge in [-0.3, -0.25) is 4.79 Å². The van der Waals surface area contributed by atoms with Crippen LogP contribution in [0.4, 0.5) is 0 Å². The summed E-state index contributed by atoms with van der Waals surface area (Å²) >= 11 is 0. The SMILES string of the molecule is CCCOC1(C(=O)O)Oc2ccccc2CC1Oc1ccc(C(C)=O)c(OC)c1CCC. The lowest BCUT2D eigenvalue weighted by Gasteiger charge is -2.40. The molecule has 1 aliphatic rings. The quantitative estimate of drug-likeness (QED) is 0.544. The summed E-state index contributed by atoms with van der Waals surface area (Å²) < 4.78 is 23.6. The number of aliphatic carboxylic acids is 1. The molecule has 0 saturated carbocycles. The highest BCUT2D eigenvalue weighted by molar-refractivity contribution is 5.97. The second-order valence-corrected chi connectivity index (χ2v) is 7.77. The summed E-state index contributed by atoms with van der Waals surface area (Å²) in [4.78, 5) is 24.6. The molecule has 7 heteroatoms. The summed E-state index contributed by atoms with van der Waals surface area (Å²) in [5, 5.41) is 10.2. The molecule has 2 atom stereocenters. The Morgan fingerprint density at radius 3 is 2.53 bits per heavy atom. The van der Waals surface area contributed by atoms with Gasteiger partial charge in [0.2, 0.25) is 0 Å². The van der Waals surface area contributed by atoms with Gasteiger partial charge in [-0.25, -0.2) is 4.79 Å². The highest BCUT2D eigenvalue weighted by Gasteiger charge is 2.55. The second kappa shape index (κ2) is 10.0. The van der Waals surface area contributed by atoms with Crippen LogP contribution in [0.3, 0.4) is 0 Å². The van der Waals surface area contributed by atoms with Crippen LogP contribution >= 0.6 is 0 Å². The minimum atomic E-state index is -2.00. The highest BCUT2D eigenvalue weighted by atomic mass is 16.7. The molecule has 7 nitrogen and oxygen atoms in total. The number of carbonyl (C=O) groups excluding carboxylic acids is 1. The highest BCUT2D eigenvalue weighted by Crippen LogP contribution is 2.40. The third-order valence-corrected chi connectivity index (χ3v) is 5.45. The van der Waals surface area contributed by atoms with Crippen molar-refractivity contribution < 1.29 is 33.6 Å². The third-order valence-electron chi connectivity index (χ3n) is 5.45. The Morgan fingerprint density at radius 1 is 1.16 bits per heavy atom. The summed E-state index contributed by atoms with van der Waals surface area (Å²) in [6, 6.07) is 10.6. The maximum Gasteiger partial charge on any atom is 0.381 e. The zero-order valence-corrected chi connectivity index (χ0v) is 19.0. The van der Waals surface area contributed by atoms with Gasteiger partial charge in [-0.2, -0.15) is 0 Å². The number of Topliss-reactive ketones (excluding diaryl/α,β-unsaturated/α-hetero) is 1. The van der Waals surface area contributed by atoms with Crippen LogP contribution in [0.15, 0.2) is 36.4 Å². The van der Waals surface area contributed by atoms with E-state index in [1.165, 1.54) is 14.0 Å². The largest absolute Gasteiger partial charge is 0.496 e. The standard InChI is InChI=1S/C25H30O7/c1-5-9-19-21(13-12-18(16(3)26)23(19)29-4)31-22-15-17-10-7-8-11-20(17)32-25(22,24(27)28)30-14-6-2/h7-8,10-13,22H,5-6,9,14-15H2,1-4H3,(H,27,28). The van der Waals surface area contributed by atoms with E-state index < -0.39 is 17.9 Å². The number of ketones is 1. The second-order valence-electron chi connectivity index (χ2n) is 7.77. The van der Waals surface area contributed by atoms with Gasteiger partial charge in [0.25, 0.3) is 0 Å². The molecule has 0 radical (unpaired) electrons. The zero-order chi connectivity index (χ0) is 23.3. The molecule has 3 rings (SSSR count). The molecule has 0 bridgehead atoms. The van der Waals surface area contributed by atoms with Gasteiger partial charge in [-0.1, -0.05) is 38.5 Å². The van der Waals surface area contributed by atoms with E-state index in [0.717, 1.165) is 17.5 Å². The van der Waals surface area contributed by atoms with Crippen LogP contribution in [0.5, 0.6) is 17.2 Å². The topological polar surface area (TPSA) is 91.3 Å². The molecule has 0 spiro atoms. The number of para-hydroxylation sites is 1. The molecule has 0 saturated heterocycles. The fourth-order valence-electron chi connectivity index (χ4n) is 3.94. The van der Waals surface area contributed by atoms with Crippen molar-refractivity contribution in [3.05, 3.63) is 53.1 Å². The van der Waals surface area contributed by atoms with Gasteiger partial charge >= 0.3 is 11.8 Å². The van der Waals surface area contributed by atoms with Crippen LogP contribution in [-0.2, 0) is 22.4 Å². The van der Waals surface area contributed by atoms with Crippen molar-refractivity contribution in [1.82, 2.24) is 0 Å². The lowest BCUT2D eigenvalue weighted by atomic mass is 9.95. The molecular formula is C25H30O7. The van der Waals surface area contributed by atoms with Gasteiger partial charge in [0.05, 0.1) is 19.3 Å². The number of benzene rings is 2. The monoisotopic (exact) mass is 442 g/mol. The Balaban J connectivity index is 2.10. The molecule has 1 aliphatic heterocycles. The smallest absolute Gasteiger partial charge is 0.381 e. The molecule has 32 heavy (non-hydrogen) atoms. The molecule has 0 fully saturated rings. The number of rotatable bonds is 10. The van der Waals surface area contributed by atoms with E-state index in [9.17, 15) is 14.7 Å². The molecule has 0 aliphatic carbocycles. The maximum atomic E-state index is 12.5. The first kappa shape index (κ1) is 23.6. The van der Waals surface area contributed by atoms with E-state index in [1.807, 2.05) is 26.0 Å². The van der Waals surface area contributed by atoms with Crippen molar-refractivity contribution in [2.24, 2.45) is 0 Å². The number of methoxy groups -OCH3 is 1. The summed E-state index contributed by atoms with van der Waals surface area (Å²) in [5.41, 5.74) is 2.01. The minimum absolute atomic E-state index is 0.119. The van der Waals surface area contributed by atoms with Crippen LogP contribution in [0.25, 0.3) is 0 Å². The average molecular weight is 443 g/mol. The summed E-state index contributed by atoms with van der Waals surface area (Å²) in [6.07, 6.45) is 1.34. The van der Waals surface area contributed by atoms with Crippen molar-refractivity contribution in [3.63, 3.8) is 0 Å². The first-order valence-electron chi connectivity index (χ1n) is 10.9. The van der Waals surface area contributed by atoms with E-state index in [2.05, 4.69) is 0 Å². The lowest BCUT2D eigenvalue weighted by molar-refractivity contribution is -0.245. The molecule has 2 unspecified atom stereocenters. The predicted molar refractivity (Wildman–Crippen MR) is 119 cm³/mol. The number of carboxylic acids is 1. The number of carboxylic acid groups (broad SMARTS) is 1.